The molecule has 0 aromatic heterocycles. The molecule has 2 heterocycles. The van der Waals surface area contributed by atoms with Crippen LogP contribution in [0.15, 0.2) is 53.5 Å². The highest BCUT2D eigenvalue weighted by atomic mass is 16.3. The van der Waals surface area contributed by atoms with Crippen LogP contribution in [0.1, 0.15) is 30.4 Å². The molecule has 2 fully saturated rings. The lowest BCUT2D eigenvalue weighted by Crippen LogP contribution is -2.52. The van der Waals surface area contributed by atoms with Crippen molar-refractivity contribution in [2.45, 2.75) is 32.4 Å². The summed E-state index contributed by atoms with van der Waals surface area (Å²) in [4.78, 5) is 11.7. The summed E-state index contributed by atoms with van der Waals surface area (Å²) in [5.74, 6) is 1.30. The minimum absolute atomic E-state index is 0.351. The maximum Gasteiger partial charge on any atom is 0.194 e. The van der Waals surface area contributed by atoms with Crippen molar-refractivity contribution in [3.05, 3.63) is 59.7 Å². The van der Waals surface area contributed by atoms with Gasteiger partial charge < -0.3 is 20.2 Å². The minimum Gasteiger partial charge on any atom is -0.506 e. The number of benzene rings is 2. The number of nitrogens with zero attached hydrogens (tertiary/aromatic N) is 4. The average Bonchev–Trinajstić information content (AvgIpc) is 2.82. The summed E-state index contributed by atoms with van der Waals surface area (Å²) >= 11 is 0. The van der Waals surface area contributed by atoms with Gasteiger partial charge in [0, 0.05) is 46.3 Å². The van der Waals surface area contributed by atoms with E-state index in [-0.39, 0.29) is 0 Å². The SMILES string of the molecule is CN=C(NCc1ccccc1CN1CCCCC1)N1CCN(c2ccccc2O)CC1. The molecule has 0 atom stereocenters. The van der Waals surface area contributed by atoms with E-state index in [1.807, 2.05) is 25.2 Å². The molecule has 31 heavy (non-hydrogen) atoms. The molecule has 0 bridgehead atoms. The number of aliphatic imine (C=N–C) groups is 1. The number of likely N-dealkylation sites (tertiary alicyclic amines) is 1. The van der Waals surface area contributed by atoms with Crippen LogP contribution < -0.4 is 10.2 Å². The van der Waals surface area contributed by atoms with Gasteiger partial charge in [0.1, 0.15) is 5.75 Å². The minimum atomic E-state index is 0.351. The molecule has 2 aromatic rings. The Labute approximate surface area is 186 Å². The molecular formula is C25H35N5O. The molecule has 2 aromatic carbocycles. The van der Waals surface area contributed by atoms with Gasteiger partial charge in [0.2, 0.25) is 0 Å². The highest BCUT2D eigenvalue weighted by Gasteiger charge is 2.21. The quantitative estimate of drug-likeness (QED) is 0.573. The normalized spacial score (nSPS) is 18.3. The van der Waals surface area contributed by atoms with Gasteiger partial charge in [0.15, 0.2) is 5.96 Å². The van der Waals surface area contributed by atoms with Gasteiger partial charge in [-0.2, -0.15) is 0 Å². The summed E-state index contributed by atoms with van der Waals surface area (Å²) in [7, 11) is 1.86. The van der Waals surface area contributed by atoms with E-state index in [9.17, 15) is 5.11 Å². The molecule has 6 nitrogen and oxygen atoms in total. The van der Waals surface area contributed by atoms with Crippen LogP contribution in [0.3, 0.4) is 0 Å². The van der Waals surface area contributed by atoms with E-state index in [0.29, 0.717) is 5.75 Å². The molecule has 166 valence electrons. The van der Waals surface area contributed by atoms with E-state index in [1.54, 1.807) is 6.07 Å². The van der Waals surface area contributed by atoms with Crippen LogP contribution in [-0.4, -0.2) is 67.2 Å². The number of phenolic OH excluding ortho intramolecular Hbond substituents is 1. The summed E-state index contributed by atoms with van der Waals surface area (Å²) in [6.07, 6.45) is 4.01. The molecule has 0 amide bonds. The fourth-order valence-corrected chi connectivity index (χ4v) is 4.64. The summed E-state index contributed by atoms with van der Waals surface area (Å²) < 4.78 is 0. The number of aromatic hydroxyl groups is 1. The molecule has 0 spiro atoms. The molecule has 6 heteroatoms. The predicted molar refractivity (Wildman–Crippen MR) is 128 cm³/mol. The van der Waals surface area contributed by atoms with Gasteiger partial charge in [0.25, 0.3) is 0 Å². The first-order chi connectivity index (χ1) is 15.2. The van der Waals surface area contributed by atoms with Crippen molar-refractivity contribution in [3.63, 3.8) is 0 Å². The second-order valence-corrected chi connectivity index (χ2v) is 8.47. The molecule has 0 aliphatic carbocycles. The van der Waals surface area contributed by atoms with Gasteiger partial charge in [-0.05, 0) is 49.2 Å². The Bertz CT molecular complexity index is 870. The average molecular weight is 422 g/mol. The van der Waals surface area contributed by atoms with Gasteiger partial charge >= 0.3 is 0 Å². The van der Waals surface area contributed by atoms with E-state index in [4.69, 9.17) is 0 Å². The van der Waals surface area contributed by atoms with E-state index in [1.165, 1.54) is 43.5 Å². The van der Waals surface area contributed by atoms with Crippen LogP contribution >= 0.6 is 0 Å². The second kappa shape index (κ2) is 10.5. The Morgan fingerprint density at radius 2 is 1.55 bits per heavy atom. The zero-order valence-corrected chi connectivity index (χ0v) is 18.6. The van der Waals surface area contributed by atoms with Gasteiger partial charge in [0.05, 0.1) is 5.69 Å². The predicted octanol–water partition coefficient (Wildman–Crippen LogP) is 3.28. The van der Waals surface area contributed by atoms with Crippen LogP contribution in [0, 0.1) is 0 Å². The highest BCUT2D eigenvalue weighted by Crippen LogP contribution is 2.27. The smallest absolute Gasteiger partial charge is 0.194 e. The monoisotopic (exact) mass is 421 g/mol. The van der Waals surface area contributed by atoms with Crippen LogP contribution in [0.5, 0.6) is 5.75 Å². The first-order valence-corrected chi connectivity index (χ1v) is 11.5. The number of hydrogen-bond acceptors (Lipinski definition) is 4. The van der Waals surface area contributed by atoms with Crippen molar-refractivity contribution in [2.75, 3.05) is 51.2 Å². The maximum absolute atomic E-state index is 10.1. The van der Waals surface area contributed by atoms with Crippen LogP contribution in [0.2, 0.25) is 0 Å². The van der Waals surface area contributed by atoms with Crippen molar-refractivity contribution >= 4 is 11.6 Å². The van der Waals surface area contributed by atoms with Crippen molar-refractivity contribution in [3.8, 4) is 5.75 Å². The van der Waals surface area contributed by atoms with E-state index >= 15 is 0 Å². The third-order valence-corrected chi connectivity index (χ3v) is 6.41. The first-order valence-electron chi connectivity index (χ1n) is 11.5. The summed E-state index contributed by atoms with van der Waals surface area (Å²) in [5.41, 5.74) is 3.68. The Morgan fingerprint density at radius 3 is 2.26 bits per heavy atom. The number of piperidine rings is 1. The summed E-state index contributed by atoms with van der Waals surface area (Å²) in [5, 5.41) is 13.7. The molecule has 0 unspecified atom stereocenters. The number of phenols is 1. The number of para-hydroxylation sites is 2. The zero-order valence-electron chi connectivity index (χ0n) is 18.6. The van der Waals surface area contributed by atoms with Crippen molar-refractivity contribution in [2.24, 2.45) is 4.99 Å². The van der Waals surface area contributed by atoms with Crippen LogP contribution in [0.4, 0.5) is 5.69 Å². The Morgan fingerprint density at radius 1 is 0.871 bits per heavy atom. The lowest BCUT2D eigenvalue weighted by molar-refractivity contribution is 0.220. The van der Waals surface area contributed by atoms with E-state index in [2.05, 4.69) is 49.3 Å². The standard InChI is InChI=1S/C25H35N5O/c1-26-25(30-17-15-29(16-18-30)23-11-5-6-12-24(23)31)27-19-21-9-3-4-10-22(21)20-28-13-7-2-8-14-28/h3-6,9-12,31H,2,7-8,13-20H2,1H3,(H,26,27). The Kier molecular flexibility index (Phi) is 7.30. The van der Waals surface area contributed by atoms with Gasteiger partial charge in [-0.3, -0.25) is 9.89 Å². The number of rotatable bonds is 5. The lowest BCUT2D eigenvalue weighted by Gasteiger charge is -2.38. The summed E-state index contributed by atoms with van der Waals surface area (Å²) in [6.45, 7) is 7.74. The van der Waals surface area contributed by atoms with E-state index in [0.717, 1.165) is 50.9 Å². The summed E-state index contributed by atoms with van der Waals surface area (Å²) in [6, 6.07) is 16.4. The third kappa shape index (κ3) is 5.50. The molecule has 2 aliphatic heterocycles. The largest absolute Gasteiger partial charge is 0.506 e. The number of guanidine groups is 1. The van der Waals surface area contributed by atoms with Gasteiger partial charge in [-0.1, -0.05) is 42.8 Å². The number of anilines is 1. The zero-order chi connectivity index (χ0) is 21.5. The van der Waals surface area contributed by atoms with Crippen LogP contribution in [-0.2, 0) is 13.1 Å². The maximum atomic E-state index is 10.1. The molecule has 4 rings (SSSR count). The fraction of sp³-hybridized carbons (Fsp3) is 0.480. The molecule has 2 saturated heterocycles. The number of nitrogens with one attached hydrogen (secondary N) is 1. The molecular weight excluding hydrogens is 386 g/mol. The van der Waals surface area contributed by atoms with Crippen molar-refractivity contribution in [1.82, 2.24) is 15.1 Å². The third-order valence-electron chi connectivity index (χ3n) is 6.41. The Balaban J connectivity index is 1.33. The number of hydrogen-bond donors (Lipinski definition) is 2. The van der Waals surface area contributed by atoms with Crippen molar-refractivity contribution < 1.29 is 5.11 Å². The van der Waals surface area contributed by atoms with E-state index < -0.39 is 0 Å². The molecule has 0 saturated carbocycles. The lowest BCUT2D eigenvalue weighted by atomic mass is 10.0. The van der Waals surface area contributed by atoms with Crippen molar-refractivity contribution in [1.29, 1.82) is 0 Å². The first kappa shape index (κ1) is 21.5. The molecule has 0 radical (unpaired) electrons. The highest BCUT2D eigenvalue weighted by molar-refractivity contribution is 5.80. The van der Waals surface area contributed by atoms with Gasteiger partial charge in [-0.25, -0.2) is 0 Å². The molecule has 2 N–H and O–H groups in total. The fourth-order valence-electron chi connectivity index (χ4n) is 4.64. The Hall–Kier alpha value is -2.73. The molecule has 2 aliphatic rings. The second-order valence-electron chi connectivity index (χ2n) is 8.47. The van der Waals surface area contributed by atoms with Gasteiger partial charge in [-0.15, -0.1) is 0 Å². The topological polar surface area (TPSA) is 54.3 Å². The number of piperazine rings is 1. The van der Waals surface area contributed by atoms with Crippen LogP contribution in [0.25, 0.3) is 0 Å².